The largest absolute Gasteiger partial charge is 0.469 e. The van der Waals surface area contributed by atoms with Gasteiger partial charge in [0.25, 0.3) is 0 Å². The molecule has 0 fully saturated rings. The van der Waals surface area contributed by atoms with E-state index < -0.39 is 0 Å². The second-order valence-corrected chi connectivity index (χ2v) is 4.83. The molecule has 4 nitrogen and oxygen atoms in total. The lowest BCUT2D eigenvalue weighted by Gasteiger charge is -2.04. The molecule has 0 unspecified atom stereocenters. The number of carbonyl (C=O) groups is 1. The lowest BCUT2D eigenvalue weighted by Crippen LogP contribution is -2.05. The highest BCUT2D eigenvalue weighted by Gasteiger charge is 2.15. The minimum Gasteiger partial charge on any atom is -0.469 e. The average Bonchev–Trinajstić information content (AvgIpc) is 2.92. The van der Waals surface area contributed by atoms with E-state index in [1.165, 1.54) is 12.7 Å². The third-order valence-electron chi connectivity index (χ3n) is 3.43. The smallest absolute Gasteiger partial charge is 0.311 e. The normalized spacial score (nSPS) is 10.7. The third kappa shape index (κ3) is 2.79. The molecule has 0 saturated heterocycles. The first kappa shape index (κ1) is 13.4. The van der Waals surface area contributed by atoms with Crippen LogP contribution in [0.4, 0.5) is 0 Å². The molecule has 0 spiro atoms. The van der Waals surface area contributed by atoms with E-state index in [9.17, 15) is 4.79 Å². The number of fused-ring (bicyclic) bond motifs is 1. The second-order valence-electron chi connectivity index (χ2n) is 4.83. The topological polar surface area (TPSA) is 52.3 Å². The van der Waals surface area contributed by atoms with Gasteiger partial charge in [-0.25, -0.2) is 0 Å². The van der Waals surface area contributed by atoms with Gasteiger partial charge in [0, 0.05) is 5.39 Å². The van der Waals surface area contributed by atoms with Gasteiger partial charge in [0.1, 0.15) is 5.69 Å². The van der Waals surface area contributed by atoms with Crippen LogP contribution >= 0.6 is 0 Å². The number of nitrogens with zero attached hydrogens (tertiary/aromatic N) is 1. The number of hydrogen-bond acceptors (Lipinski definition) is 4. The van der Waals surface area contributed by atoms with Crippen LogP contribution in [-0.2, 0) is 22.4 Å². The summed E-state index contributed by atoms with van der Waals surface area (Å²) in [5.41, 5.74) is 3.62. The van der Waals surface area contributed by atoms with Crippen LogP contribution in [0.15, 0.2) is 53.1 Å². The van der Waals surface area contributed by atoms with Gasteiger partial charge in [-0.05, 0) is 23.6 Å². The fourth-order valence-corrected chi connectivity index (χ4v) is 2.42. The summed E-state index contributed by atoms with van der Waals surface area (Å²) in [5, 5.41) is 4.92. The van der Waals surface area contributed by atoms with Gasteiger partial charge in [-0.1, -0.05) is 47.6 Å². The summed E-state index contributed by atoms with van der Waals surface area (Å²) in [7, 11) is 1.37. The Kier molecular flexibility index (Phi) is 3.69. The van der Waals surface area contributed by atoms with Crippen molar-refractivity contribution >= 4 is 16.9 Å². The van der Waals surface area contributed by atoms with Crippen molar-refractivity contribution in [2.45, 2.75) is 12.8 Å². The summed E-state index contributed by atoms with van der Waals surface area (Å²) in [6, 6.07) is 16.0. The highest BCUT2D eigenvalue weighted by molar-refractivity contribution is 5.87. The Balaban J connectivity index is 2.01. The zero-order chi connectivity index (χ0) is 14.7. The van der Waals surface area contributed by atoms with Crippen LogP contribution in [0.25, 0.3) is 11.0 Å². The molecule has 0 atom stereocenters. The summed E-state index contributed by atoms with van der Waals surface area (Å²) in [6.07, 6.45) is 0.892. The number of aromatic nitrogens is 1. The number of rotatable bonds is 4. The van der Waals surface area contributed by atoms with Crippen molar-refractivity contribution in [1.29, 1.82) is 0 Å². The molecule has 1 heterocycles. The van der Waals surface area contributed by atoms with Gasteiger partial charge in [0.05, 0.1) is 13.5 Å². The molecule has 4 heteroatoms. The molecule has 0 saturated carbocycles. The van der Waals surface area contributed by atoms with Crippen molar-refractivity contribution in [3.8, 4) is 0 Å². The Labute approximate surface area is 122 Å². The van der Waals surface area contributed by atoms with Crippen LogP contribution in [0.5, 0.6) is 0 Å². The Morgan fingerprint density at radius 3 is 2.71 bits per heavy atom. The van der Waals surface area contributed by atoms with Gasteiger partial charge in [-0.2, -0.15) is 0 Å². The third-order valence-corrected chi connectivity index (χ3v) is 3.43. The lowest BCUT2D eigenvalue weighted by molar-refractivity contribution is -0.139. The number of methoxy groups -OCH3 is 1. The van der Waals surface area contributed by atoms with Crippen LogP contribution in [-0.4, -0.2) is 18.2 Å². The molecule has 0 N–H and O–H groups in total. The van der Waals surface area contributed by atoms with Gasteiger partial charge in [0.15, 0.2) is 5.58 Å². The van der Waals surface area contributed by atoms with E-state index in [1.807, 2.05) is 36.4 Å². The first-order chi connectivity index (χ1) is 10.3. The molecule has 0 aliphatic heterocycles. The number of ether oxygens (including phenoxy) is 1. The van der Waals surface area contributed by atoms with Crippen LogP contribution in [0.2, 0.25) is 0 Å². The number of esters is 1. The number of hydrogen-bond donors (Lipinski definition) is 0. The van der Waals surface area contributed by atoms with Crippen molar-refractivity contribution in [3.63, 3.8) is 0 Å². The van der Waals surface area contributed by atoms with E-state index in [1.54, 1.807) is 0 Å². The van der Waals surface area contributed by atoms with Crippen molar-refractivity contribution < 1.29 is 14.1 Å². The van der Waals surface area contributed by atoms with Crippen LogP contribution in [0, 0.1) is 0 Å². The number of benzene rings is 2. The van der Waals surface area contributed by atoms with E-state index in [-0.39, 0.29) is 12.4 Å². The average molecular weight is 281 g/mol. The maximum absolute atomic E-state index is 11.5. The Hall–Kier alpha value is -2.62. The quantitative estimate of drug-likeness (QED) is 0.689. The van der Waals surface area contributed by atoms with Gasteiger partial charge in [-0.15, -0.1) is 0 Å². The zero-order valence-corrected chi connectivity index (χ0v) is 11.7. The molecule has 0 aliphatic rings. The monoisotopic (exact) mass is 281 g/mol. The molecule has 3 aromatic rings. The maximum Gasteiger partial charge on any atom is 0.311 e. The summed E-state index contributed by atoms with van der Waals surface area (Å²) in [4.78, 5) is 11.5. The molecule has 3 rings (SSSR count). The second kappa shape index (κ2) is 5.79. The van der Waals surface area contributed by atoms with Crippen LogP contribution in [0.3, 0.4) is 0 Å². The Morgan fingerprint density at radius 1 is 1.14 bits per heavy atom. The molecule has 0 amide bonds. The van der Waals surface area contributed by atoms with E-state index in [2.05, 4.69) is 17.3 Å². The first-order valence-corrected chi connectivity index (χ1v) is 6.75. The molecule has 0 radical (unpaired) electrons. The van der Waals surface area contributed by atoms with Crippen molar-refractivity contribution in [2.75, 3.05) is 7.11 Å². The van der Waals surface area contributed by atoms with Crippen LogP contribution in [0.1, 0.15) is 16.8 Å². The predicted octanol–water partition coefficient (Wildman–Crippen LogP) is 3.13. The molecule has 106 valence electrons. The van der Waals surface area contributed by atoms with E-state index in [4.69, 9.17) is 9.26 Å². The molecular weight excluding hydrogens is 266 g/mol. The maximum atomic E-state index is 11.5. The SMILES string of the molecule is COC(=O)Cc1noc2cccc(Cc3ccccc3)c12. The van der Waals surface area contributed by atoms with Crippen LogP contribution < -0.4 is 0 Å². The highest BCUT2D eigenvalue weighted by Crippen LogP contribution is 2.25. The number of carbonyl (C=O) groups excluding carboxylic acids is 1. The van der Waals surface area contributed by atoms with Crippen molar-refractivity contribution in [1.82, 2.24) is 5.16 Å². The molecule has 1 aromatic heterocycles. The summed E-state index contributed by atoms with van der Waals surface area (Å²) >= 11 is 0. The molecule has 0 aliphatic carbocycles. The zero-order valence-electron chi connectivity index (χ0n) is 11.7. The molecule has 21 heavy (non-hydrogen) atoms. The van der Waals surface area contributed by atoms with Crippen molar-refractivity contribution in [3.05, 3.63) is 65.4 Å². The van der Waals surface area contributed by atoms with E-state index in [0.717, 1.165) is 17.4 Å². The van der Waals surface area contributed by atoms with E-state index >= 15 is 0 Å². The molecule has 2 aromatic carbocycles. The van der Waals surface area contributed by atoms with E-state index in [0.29, 0.717) is 11.3 Å². The minimum absolute atomic E-state index is 0.120. The fourth-order valence-electron chi connectivity index (χ4n) is 2.42. The summed E-state index contributed by atoms with van der Waals surface area (Å²) in [5.74, 6) is -0.320. The molecular formula is C17H15NO3. The summed E-state index contributed by atoms with van der Waals surface area (Å²) < 4.78 is 10.0. The van der Waals surface area contributed by atoms with Gasteiger partial charge in [0.2, 0.25) is 0 Å². The Morgan fingerprint density at radius 2 is 1.95 bits per heavy atom. The fraction of sp³-hybridized carbons (Fsp3) is 0.176. The van der Waals surface area contributed by atoms with Gasteiger partial charge in [-0.3, -0.25) is 4.79 Å². The first-order valence-electron chi connectivity index (χ1n) is 6.75. The minimum atomic E-state index is -0.320. The predicted molar refractivity (Wildman–Crippen MR) is 79.0 cm³/mol. The Bertz CT molecular complexity index is 762. The lowest BCUT2D eigenvalue weighted by atomic mass is 9.99. The standard InChI is InChI=1S/C17H15NO3/c1-20-16(19)11-14-17-13(8-5-9-15(17)21-18-14)10-12-6-3-2-4-7-12/h2-9H,10-11H2,1H3. The van der Waals surface area contributed by atoms with Crippen molar-refractivity contribution in [2.24, 2.45) is 0 Å². The highest BCUT2D eigenvalue weighted by atomic mass is 16.5. The van der Waals surface area contributed by atoms with Gasteiger partial charge >= 0.3 is 5.97 Å². The molecule has 0 bridgehead atoms. The van der Waals surface area contributed by atoms with Gasteiger partial charge < -0.3 is 9.26 Å². The summed E-state index contributed by atoms with van der Waals surface area (Å²) in [6.45, 7) is 0.